The molecule has 0 heterocycles. The number of carbonyl (C=O) groups is 1. The van der Waals surface area contributed by atoms with Gasteiger partial charge in [-0.05, 0) is 11.0 Å². The van der Waals surface area contributed by atoms with E-state index in [9.17, 15) is 44.3 Å². The molecule has 0 radical (unpaired) electrons. The van der Waals surface area contributed by atoms with Crippen molar-refractivity contribution in [3.63, 3.8) is 0 Å². The maximum atomic E-state index is 13.6. The highest BCUT2D eigenvalue weighted by Crippen LogP contribution is 2.53. The van der Waals surface area contributed by atoms with Gasteiger partial charge in [0.25, 0.3) is 0 Å². The zero-order valence-corrected chi connectivity index (χ0v) is 13.1. The summed E-state index contributed by atoms with van der Waals surface area (Å²) in [6.07, 6.45) is -6.96. The van der Waals surface area contributed by atoms with Crippen LogP contribution >= 0.6 is 0 Å². The quantitative estimate of drug-likeness (QED) is 0.488. The SMILES string of the molecule is CC(C)(C)c1ccc(C(=O)C(F)(F)C(F)(F)C(F)(F)C(F)(F)F)cc1. The topological polar surface area (TPSA) is 17.1 Å². The average Bonchev–Trinajstić information content (AvgIpc) is 2.44. The second-order valence-electron chi connectivity index (χ2n) is 6.38. The van der Waals surface area contributed by atoms with Crippen molar-refractivity contribution in [2.24, 2.45) is 0 Å². The first kappa shape index (κ1) is 21.3. The Morgan fingerprint density at radius 1 is 0.720 bits per heavy atom. The van der Waals surface area contributed by atoms with Gasteiger partial charge >= 0.3 is 23.9 Å². The summed E-state index contributed by atoms with van der Waals surface area (Å²) in [5.41, 5.74) is -1.12. The number of hydrogen-bond donors (Lipinski definition) is 0. The summed E-state index contributed by atoms with van der Waals surface area (Å²) in [6, 6.07) is 3.56. The number of hydrogen-bond acceptors (Lipinski definition) is 1. The van der Waals surface area contributed by atoms with Crippen molar-refractivity contribution in [2.45, 2.75) is 50.1 Å². The average molecular weight is 380 g/mol. The Kier molecular flexibility index (Phi) is 5.04. The van der Waals surface area contributed by atoms with Gasteiger partial charge in [-0.2, -0.15) is 39.5 Å². The summed E-state index contributed by atoms with van der Waals surface area (Å²) in [4.78, 5) is 11.5. The van der Waals surface area contributed by atoms with Gasteiger partial charge in [0.2, 0.25) is 5.78 Å². The van der Waals surface area contributed by atoms with Gasteiger partial charge in [0.15, 0.2) is 0 Å². The first-order chi connectivity index (χ1) is 10.9. The van der Waals surface area contributed by atoms with Gasteiger partial charge in [0, 0.05) is 5.56 Å². The Labute approximate surface area is 136 Å². The maximum Gasteiger partial charge on any atom is 0.460 e. The van der Waals surface area contributed by atoms with E-state index >= 15 is 0 Å². The number of ketones is 1. The Bertz CT molecular complexity index is 636. The lowest BCUT2D eigenvalue weighted by molar-refractivity contribution is -0.386. The van der Waals surface area contributed by atoms with Crippen LogP contribution < -0.4 is 0 Å². The van der Waals surface area contributed by atoms with Gasteiger partial charge in [0.05, 0.1) is 0 Å². The van der Waals surface area contributed by atoms with Crippen molar-refractivity contribution in [1.29, 1.82) is 0 Å². The molecule has 0 N–H and O–H groups in total. The zero-order chi connectivity index (χ0) is 20.1. The van der Waals surface area contributed by atoms with Crippen molar-refractivity contribution >= 4 is 5.78 Å². The van der Waals surface area contributed by atoms with Crippen LogP contribution in [0.5, 0.6) is 0 Å². The number of alkyl halides is 9. The molecule has 0 aliphatic rings. The van der Waals surface area contributed by atoms with Gasteiger partial charge < -0.3 is 0 Å². The van der Waals surface area contributed by atoms with Crippen LogP contribution in [0, 0.1) is 0 Å². The van der Waals surface area contributed by atoms with E-state index in [0.717, 1.165) is 12.1 Å². The molecular weight excluding hydrogens is 367 g/mol. The largest absolute Gasteiger partial charge is 0.460 e. The summed E-state index contributed by atoms with van der Waals surface area (Å²) in [6.45, 7) is 5.11. The molecule has 0 aromatic heterocycles. The molecule has 1 rings (SSSR count). The van der Waals surface area contributed by atoms with E-state index in [1.54, 1.807) is 20.8 Å². The van der Waals surface area contributed by atoms with E-state index in [2.05, 4.69) is 0 Å². The molecule has 0 aliphatic heterocycles. The predicted octanol–water partition coefficient (Wildman–Crippen LogP) is 5.64. The Morgan fingerprint density at radius 3 is 1.44 bits per heavy atom. The third-order valence-electron chi connectivity index (χ3n) is 3.44. The zero-order valence-electron chi connectivity index (χ0n) is 13.1. The molecule has 1 nitrogen and oxygen atoms in total. The lowest BCUT2D eigenvalue weighted by Crippen LogP contribution is -2.63. The molecule has 25 heavy (non-hydrogen) atoms. The van der Waals surface area contributed by atoms with Gasteiger partial charge in [0.1, 0.15) is 0 Å². The molecule has 0 aliphatic carbocycles. The summed E-state index contributed by atoms with van der Waals surface area (Å²) in [5, 5.41) is 0. The van der Waals surface area contributed by atoms with E-state index in [1.807, 2.05) is 0 Å². The van der Waals surface area contributed by atoms with Crippen LogP contribution in [0.3, 0.4) is 0 Å². The highest BCUT2D eigenvalue weighted by molar-refractivity contribution is 6.02. The predicted molar refractivity (Wildman–Crippen MR) is 70.4 cm³/mol. The van der Waals surface area contributed by atoms with Gasteiger partial charge in [-0.25, -0.2) is 0 Å². The van der Waals surface area contributed by atoms with Crippen molar-refractivity contribution in [3.05, 3.63) is 35.4 Å². The Hall–Kier alpha value is -1.74. The Balaban J connectivity index is 3.31. The molecule has 0 unspecified atom stereocenters. The summed E-state index contributed by atoms with van der Waals surface area (Å²) >= 11 is 0. The molecule has 10 heteroatoms. The minimum Gasteiger partial charge on any atom is -0.287 e. The van der Waals surface area contributed by atoms with Crippen molar-refractivity contribution in [2.75, 3.05) is 0 Å². The monoisotopic (exact) mass is 380 g/mol. The smallest absolute Gasteiger partial charge is 0.287 e. The van der Waals surface area contributed by atoms with Crippen molar-refractivity contribution in [1.82, 2.24) is 0 Å². The number of halogens is 9. The van der Waals surface area contributed by atoms with Crippen LogP contribution in [0.4, 0.5) is 39.5 Å². The molecule has 142 valence electrons. The molecule has 0 atom stereocenters. The number of Topliss-reactive ketones (excluding diaryl/α,β-unsaturated/α-hetero) is 1. The van der Waals surface area contributed by atoms with Crippen LogP contribution in [0.2, 0.25) is 0 Å². The molecule has 0 bridgehead atoms. The molecule has 1 aromatic rings. The third kappa shape index (κ3) is 3.48. The lowest BCUT2D eigenvalue weighted by Gasteiger charge is -2.32. The number of rotatable bonds is 4. The minimum absolute atomic E-state index is 0.500. The van der Waals surface area contributed by atoms with Crippen LogP contribution in [0.15, 0.2) is 24.3 Å². The fourth-order valence-electron chi connectivity index (χ4n) is 1.82. The molecular formula is C15H13F9O. The standard InChI is InChI=1S/C15H13F9O/c1-11(2,3)9-6-4-8(5-7-9)10(25)12(16,17)13(18,19)14(20,21)15(22,23)24/h4-7H,1-3H3. The van der Waals surface area contributed by atoms with E-state index in [4.69, 9.17) is 0 Å². The Morgan fingerprint density at radius 2 is 1.12 bits per heavy atom. The molecule has 0 spiro atoms. The van der Waals surface area contributed by atoms with Gasteiger partial charge in [-0.15, -0.1) is 0 Å². The van der Waals surface area contributed by atoms with Crippen molar-refractivity contribution < 1.29 is 44.3 Å². The van der Waals surface area contributed by atoms with E-state index < -0.39 is 40.7 Å². The molecule has 0 amide bonds. The van der Waals surface area contributed by atoms with Gasteiger partial charge in [-0.1, -0.05) is 45.0 Å². The summed E-state index contributed by atoms with van der Waals surface area (Å²) in [5.74, 6) is -23.2. The molecule has 1 aromatic carbocycles. The van der Waals surface area contributed by atoms with E-state index in [0.29, 0.717) is 17.7 Å². The normalized spacial score (nSPS) is 14.6. The lowest BCUT2D eigenvalue weighted by atomic mass is 9.86. The minimum atomic E-state index is -7.09. The first-order valence-corrected chi connectivity index (χ1v) is 6.73. The van der Waals surface area contributed by atoms with E-state index in [1.165, 1.54) is 0 Å². The molecule has 0 saturated carbocycles. The highest BCUT2D eigenvalue weighted by atomic mass is 19.4. The third-order valence-corrected chi connectivity index (χ3v) is 3.44. The molecule has 0 saturated heterocycles. The van der Waals surface area contributed by atoms with Crippen LogP contribution in [-0.4, -0.2) is 29.7 Å². The maximum absolute atomic E-state index is 13.6. The second-order valence-corrected chi connectivity index (χ2v) is 6.38. The van der Waals surface area contributed by atoms with Crippen LogP contribution in [-0.2, 0) is 5.41 Å². The van der Waals surface area contributed by atoms with Crippen LogP contribution in [0.1, 0.15) is 36.7 Å². The fraction of sp³-hybridized carbons (Fsp3) is 0.533. The fourth-order valence-corrected chi connectivity index (χ4v) is 1.82. The van der Waals surface area contributed by atoms with Crippen LogP contribution in [0.25, 0.3) is 0 Å². The van der Waals surface area contributed by atoms with Crippen molar-refractivity contribution in [3.8, 4) is 0 Å². The summed E-state index contributed by atoms with van der Waals surface area (Å²) < 4.78 is 115. The highest BCUT2D eigenvalue weighted by Gasteiger charge is 2.83. The summed E-state index contributed by atoms with van der Waals surface area (Å²) in [7, 11) is 0. The second kappa shape index (κ2) is 5.91. The number of carbonyl (C=O) groups excluding carboxylic acids is 1. The number of benzene rings is 1. The van der Waals surface area contributed by atoms with E-state index in [-0.39, 0.29) is 0 Å². The molecule has 0 fully saturated rings. The first-order valence-electron chi connectivity index (χ1n) is 6.73. The van der Waals surface area contributed by atoms with Gasteiger partial charge in [-0.3, -0.25) is 4.79 Å².